The van der Waals surface area contributed by atoms with Crippen molar-refractivity contribution in [1.82, 2.24) is 0 Å². The Kier molecular flexibility index (Phi) is 4.29. The molecule has 0 bridgehead atoms. The van der Waals surface area contributed by atoms with Gasteiger partial charge in [0.25, 0.3) is 0 Å². The van der Waals surface area contributed by atoms with Crippen LogP contribution in [0.25, 0.3) is 0 Å². The van der Waals surface area contributed by atoms with E-state index in [0.29, 0.717) is 16.8 Å². The van der Waals surface area contributed by atoms with Crippen molar-refractivity contribution in [1.29, 1.82) is 0 Å². The SMILES string of the molecule is CCC1(C)C(Br)CC1Oc1cc(C)ccc1C(C)C. The predicted octanol–water partition coefficient (Wildman–Crippen LogP) is 5.45. The van der Waals surface area contributed by atoms with Gasteiger partial charge in [-0.3, -0.25) is 0 Å². The molecule has 106 valence electrons. The van der Waals surface area contributed by atoms with E-state index in [-0.39, 0.29) is 5.41 Å². The van der Waals surface area contributed by atoms with E-state index in [0.717, 1.165) is 18.6 Å². The first-order valence-corrected chi connectivity index (χ1v) is 8.21. The van der Waals surface area contributed by atoms with Crippen LogP contribution in [0.3, 0.4) is 0 Å². The lowest BCUT2D eigenvalue weighted by molar-refractivity contribution is -0.0250. The number of ether oxygens (including phenoxy) is 1. The van der Waals surface area contributed by atoms with Gasteiger partial charge in [0.2, 0.25) is 0 Å². The first-order valence-electron chi connectivity index (χ1n) is 7.29. The number of hydrogen-bond acceptors (Lipinski definition) is 1. The molecule has 0 heterocycles. The molecule has 1 aliphatic rings. The molecule has 2 heteroatoms. The number of alkyl halides is 1. The monoisotopic (exact) mass is 324 g/mol. The average molecular weight is 325 g/mol. The van der Waals surface area contributed by atoms with E-state index in [4.69, 9.17) is 4.74 Å². The van der Waals surface area contributed by atoms with Crippen LogP contribution in [-0.4, -0.2) is 10.9 Å². The van der Waals surface area contributed by atoms with Gasteiger partial charge in [-0.1, -0.05) is 55.8 Å². The summed E-state index contributed by atoms with van der Waals surface area (Å²) in [5.41, 5.74) is 2.85. The first kappa shape index (κ1) is 14.9. The molecule has 0 aliphatic heterocycles. The highest BCUT2D eigenvalue weighted by atomic mass is 79.9. The molecule has 0 radical (unpaired) electrons. The van der Waals surface area contributed by atoms with Gasteiger partial charge in [-0.25, -0.2) is 0 Å². The first-order chi connectivity index (χ1) is 8.88. The Balaban J connectivity index is 2.22. The zero-order valence-electron chi connectivity index (χ0n) is 12.7. The maximum atomic E-state index is 6.37. The smallest absolute Gasteiger partial charge is 0.123 e. The van der Waals surface area contributed by atoms with Gasteiger partial charge in [0.1, 0.15) is 11.9 Å². The van der Waals surface area contributed by atoms with E-state index >= 15 is 0 Å². The number of hydrogen-bond donors (Lipinski definition) is 0. The highest BCUT2D eigenvalue weighted by Crippen LogP contribution is 2.50. The van der Waals surface area contributed by atoms with E-state index in [9.17, 15) is 0 Å². The molecule has 0 spiro atoms. The Morgan fingerprint density at radius 1 is 1.42 bits per heavy atom. The molecular formula is C17H25BrO. The number of aryl methyl sites for hydroxylation is 1. The van der Waals surface area contributed by atoms with Gasteiger partial charge in [0, 0.05) is 10.2 Å². The van der Waals surface area contributed by atoms with Crippen molar-refractivity contribution >= 4 is 15.9 Å². The van der Waals surface area contributed by atoms with E-state index < -0.39 is 0 Å². The Morgan fingerprint density at radius 2 is 2.11 bits per heavy atom. The number of benzene rings is 1. The van der Waals surface area contributed by atoms with Gasteiger partial charge < -0.3 is 4.74 Å². The topological polar surface area (TPSA) is 9.23 Å². The molecule has 1 saturated carbocycles. The molecular weight excluding hydrogens is 300 g/mol. The second kappa shape index (κ2) is 5.47. The van der Waals surface area contributed by atoms with Crippen molar-refractivity contribution in [2.24, 2.45) is 5.41 Å². The van der Waals surface area contributed by atoms with Crippen LogP contribution >= 0.6 is 15.9 Å². The third kappa shape index (κ3) is 2.69. The summed E-state index contributed by atoms with van der Waals surface area (Å²) in [7, 11) is 0. The molecule has 1 aromatic carbocycles. The number of rotatable bonds is 4. The van der Waals surface area contributed by atoms with Crippen LogP contribution in [0.15, 0.2) is 18.2 Å². The van der Waals surface area contributed by atoms with Gasteiger partial charge in [0.05, 0.1) is 0 Å². The Bertz CT molecular complexity index is 455. The molecule has 0 saturated heterocycles. The lowest BCUT2D eigenvalue weighted by Crippen LogP contribution is -2.54. The quantitative estimate of drug-likeness (QED) is 0.669. The van der Waals surface area contributed by atoms with Crippen LogP contribution in [0.1, 0.15) is 57.6 Å². The fourth-order valence-corrected chi connectivity index (χ4v) is 3.73. The second-order valence-electron chi connectivity index (χ2n) is 6.37. The van der Waals surface area contributed by atoms with E-state index in [1.54, 1.807) is 0 Å². The summed E-state index contributed by atoms with van der Waals surface area (Å²) in [5.74, 6) is 1.59. The average Bonchev–Trinajstić information content (AvgIpc) is 2.37. The lowest BCUT2D eigenvalue weighted by atomic mass is 9.65. The van der Waals surface area contributed by atoms with Crippen molar-refractivity contribution in [3.8, 4) is 5.75 Å². The Hall–Kier alpha value is -0.500. The lowest BCUT2D eigenvalue weighted by Gasteiger charge is -2.51. The number of halogens is 1. The van der Waals surface area contributed by atoms with Crippen LogP contribution in [0.4, 0.5) is 0 Å². The summed E-state index contributed by atoms with van der Waals surface area (Å²) in [6, 6.07) is 6.57. The van der Waals surface area contributed by atoms with Crippen LogP contribution in [0.2, 0.25) is 0 Å². The summed E-state index contributed by atoms with van der Waals surface area (Å²) in [5, 5.41) is 0. The summed E-state index contributed by atoms with van der Waals surface area (Å²) in [6.07, 6.45) is 2.59. The third-order valence-corrected chi connectivity index (χ3v) is 6.11. The Morgan fingerprint density at radius 3 is 2.63 bits per heavy atom. The van der Waals surface area contributed by atoms with Gasteiger partial charge in [-0.15, -0.1) is 0 Å². The maximum Gasteiger partial charge on any atom is 0.123 e. The van der Waals surface area contributed by atoms with Gasteiger partial charge in [-0.05, 0) is 42.9 Å². The van der Waals surface area contributed by atoms with Gasteiger partial charge >= 0.3 is 0 Å². The van der Waals surface area contributed by atoms with Crippen molar-refractivity contribution in [2.45, 2.75) is 64.3 Å². The molecule has 1 nitrogen and oxygen atoms in total. The van der Waals surface area contributed by atoms with Crippen LogP contribution < -0.4 is 4.74 Å². The van der Waals surface area contributed by atoms with E-state index in [1.165, 1.54) is 11.1 Å². The molecule has 0 aromatic heterocycles. The van der Waals surface area contributed by atoms with Gasteiger partial charge in [0.15, 0.2) is 0 Å². The zero-order valence-corrected chi connectivity index (χ0v) is 14.3. The van der Waals surface area contributed by atoms with E-state index in [1.807, 2.05) is 0 Å². The molecule has 2 rings (SSSR count). The highest BCUT2D eigenvalue weighted by molar-refractivity contribution is 9.09. The minimum absolute atomic E-state index is 0.262. The maximum absolute atomic E-state index is 6.37. The van der Waals surface area contributed by atoms with Crippen LogP contribution in [-0.2, 0) is 0 Å². The molecule has 0 N–H and O–H groups in total. The minimum atomic E-state index is 0.262. The Labute approximate surface area is 125 Å². The molecule has 3 unspecified atom stereocenters. The molecule has 1 aliphatic carbocycles. The summed E-state index contributed by atoms with van der Waals surface area (Å²) in [6.45, 7) is 11.2. The molecule has 3 atom stereocenters. The highest BCUT2D eigenvalue weighted by Gasteiger charge is 2.51. The summed E-state index contributed by atoms with van der Waals surface area (Å²) in [4.78, 5) is 0.585. The predicted molar refractivity (Wildman–Crippen MR) is 85.4 cm³/mol. The fourth-order valence-electron chi connectivity index (χ4n) is 2.77. The summed E-state index contributed by atoms with van der Waals surface area (Å²) >= 11 is 3.78. The van der Waals surface area contributed by atoms with Gasteiger partial charge in [-0.2, -0.15) is 0 Å². The largest absolute Gasteiger partial charge is 0.489 e. The summed E-state index contributed by atoms with van der Waals surface area (Å²) < 4.78 is 6.37. The van der Waals surface area contributed by atoms with Crippen molar-refractivity contribution < 1.29 is 4.74 Å². The second-order valence-corrected chi connectivity index (χ2v) is 7.47. The van der Waals surface area contributed by atoms with Crippen molar-refractivity contribution in [3.63, 3.8) is 0 Å². The minimum Gasteiger partial charge on any atom is -0.489 e. The van der Waals surface area contributed by atoms with E-state index in [2.05, 4.69) is 68.7 Å². The molecule has 0 amide bonds. The van der Waals surface area contributed by atoms with Crippen molar-refractivity contribution in [3.05, 3.63) is 29.3 Å². The van der Waals surface area contributed by atoms with Crippen LogP contribution in [0.5, 0.6) is 5.75 Å². The fraction of sp³-hybridized carbons (Fsp3) is 0.647. The standard InChI is InChI=1S/C17H25BrO/c1-6-17(5)15(18)10-16(17)19-14-9-12(4)7-8-13(14)11(2)3/h7-9,11,15-16H,6,10H2,1-5H3. The van der Waals surface area contributed by atoms with Crippen LogP contribution in [0, 0.1) is 12.3 Å². The normalized spacial score (nSPS) is 30.3. The zero-order chi connectivity index (χ0) is 14.2. The molecule has 1 fully saturated rings. The van der Waals surface area contributed by atoms with Crippen molar-refractivity contribution in [2.75, 3.05) is 0 Å². The third-order valence-electron chi connectivity index (χ3n) is 4.69. The molecule has 1 aromatic rings. The molecule has 19 heavy (non-hydrogen) atoms.